The van der Waals surface area contributed by atoms with Gasteiger partial charge in [0.1, 0.15) is 0 Å². The molecule has 2 rings (SSSR count). The minimum atomic E-state index is -0.687. The summed E-state index contributed by atoms with van der Waals surface area (Å²) in [6, 6.07) is 7.57. The Hall–Kier alpha value is -1.20. The molecule has 1 saturated heterocycles. The van der Waals surface area contributed by atoms with Crippen LogP contribution >= 0.6 is 23.4 Å². The lowest BCUT2D eigenvalue weighted by atomic mass is 9.75. The average Bonchev–Trinajstić information content (AvgIpc) is 2.60. The lowest BCUT2D eigenvalue weighted by Gasteiger charge is -2.41. The van der Waals surface area contributed by atoms with Crippen molar-refractivity contribution < 1.29 is 14.3 Å². The highest BCUT2D eigenvalue weighted by atomic mass is 35.5. The normalized spacial score (nSPS) is 20.4. The van der Waals surface area contributed by atoms with Crippen LogP contribution < -0.4 is 0 Å². The number of amides is 1. The number of carbonyl (C=O) groups excluding carboxylic acids is 2. The Morgan fingerprint density at radius 2 is 2.20 bits per heavy atom. The van der Waals surface area contributed by atoms with Gasteiger partial charge in [-0.05, 0) is 50.1 Å². The lowest BCUT2D eigenvalue weighted by molar-refractivity contribution is -0.160. The zero-order valence-electron chi connectivity index (χ0n) is 14.9. The minimum Gasteiger partial charge on any atom is -0.466 e. The van der Waals surface area contributed by atoms with Gasteiger partial charge in [-0.25, -0.2) is 0 Å². The molecule has 25 heavy (non-hydrogen) atoms. The monoisotopic (exact) mass is 383 g/mol. The van der Waals surface area contributed by atoms with E-state index in [4.69, 9.17) is 16.3 Å². The number of hydrogen-bond donors (Lipinski definition) is 0. The summed E-state index contributed by atoms with van der Waals surface area (Å²) in [6.45, 7) is 3.29. The SMILES string of the molecule is CCOC(=O)[C@]1(Cc2cccc(Cl)c2)CCCN(C(=O)CCSC)C1. The molecule has 0 bridgehead atoms. The molecular weight excluding hydrogens is 358 g/mol. The number of ether oxygens (including phenoxy) is 1. The molecule has 1 amide bonds. The fourth-order valence-electron chi connectivity index (χ4n) is 3.40. The smallest absolute Gasteiger partial charge is 0.314 e. The number of hydrogen-bond acceptors (Lipinski definition) is 4. The van der Waals surface area contributed by atoms with E-state index in [1.165, 1.54) is 0 Å². The van der Waals surface area contributed by atoms with Crippen LogP contribution in [-0.4, -0.2) is 48.5 Å². The van der Waals surface area contributed by atoms with Crippen molar-refractivity contribution in [3.63, 3.8) is 0 Å². The van der Waals surface area contributed by atoms with Gasteiger partial charge in [0.15, 0.2) is 0 Å². The molecule has 0 N–H and O–H groups in total. The highest BCUT2D eigenvalue weighted by Gasteiger charge is 2.44. The molecule has 0 saturated carbocycles. The summed E-state index contributed by atoms with van der Waals surface area (Å²) in [4.78, 5) is 27.1. The molecule has 0 radical (unpaired) electrons. The molecule has 1 atom stereocenters. The Kier molecular flexibility index (Phi) is 7.63. The van der Waals surface area contributed by atoms with Gasteiger partial charge in [-0.15, -0.1) is 0 Å². The zero-order chi connectivity index (χ0) is 18.3. The van der Waals surface area contributed by atoms with Crippen molar-refractivity contribution in [1.29, 1.82) is 0 Å². The molecule has 1 aliphatic heterocycles. The summed E-state index contributed by atoms with van der Waals surface area (Å²) in [6.07, 6.45) is 4.58. The third-order valence-corrected chi connectivity index (χ3v) is 5.44. The Morgan fingerprint density at radius 3 is 2.88 bits per heavy atom. The number of rotatable bonds is 7. The van der Waals surface area contributed by atoms with Crippen LogP contribution in [0.5, 0.6) is 0 Å². The molecule has 4 nitrogen and oxygen atoms in total. The predicted molar refractivity (Wildman–Crippen MR) is 103 cm³/mol. The largest absolute Gasteiger partial charge is 0.466 e. The van der Waals surface area contributed by atoms with Gasteiger partial charge in [-0.2, -0.15) is 11.8 Å². The standard InChI is InChI=1S/C19H26ClNO3S/c1-3-24-18(23)19(13-15-6-4-7-16(20)12-15)9-5-10-21(14-19)17(22)8-11-25-2/h4,6-7,12H,3,5,8-11,13-14H2,1-2H3/t19-/m0/s1. The number of nitrogens with zero attached hydrogens (tertiary/aromatic N) is 1. The highest BCUT2D eigenvalue weighted by molar-refractivity contribution is 7.98. The van der Waals surface area contributed by atoms with Gasteiger partial charge in [0.05, 0.1) is 12.0 Å². The van der Waals surface area contributed by atoms with Gasteiger partial charge >= 0.3 is 5.97 Å². The first kappa shape index (κ1) is 20.1. The van der Waals surface area contributed by atoms with Crippen molar-refractivity contribution in [2.75, 3.05) is 31.7 Å². The molecular formula is C19H26ClNO3S. The molecule has 0 unspecified atom stereocenters. The van der Waals surface area contributed by atoms with Crippen LogP contribution in [-0.2, 0) is 20.7 Å². The molecule has 0 aliphatic carbocycles. The lowest BCUT2D eigenvalue weighted by Crippen LogP contribution is -2.51. The number of carbonyl (C=O) groups is 2. The Bertz CT molecular complexity index is 610. The minimum absolute atomic E-state index is 0.119. The number of likely N-dealkylation sites (tertiary alicyclic amines) is 1. The van der Waals surface area contributed by atoms with Gasteiger partial charge in [-0.1, -0.05) is 23.7 Å². The van der Waals surface area contributed by atoms with Crippen LogP contribution in [0.1, 0.15) is 31.7 Å². The molecule has 1 aromatic rings. The van der Waals surface area contributed by atoms with Gasteiger partial charge in [-0.3, -0.25) is 9.59 Å². The molecule has 0 spiro atoms. The maximum absolute atomic E-state index is 12.8. The quantitative estimate of drug-likeness (QED) is 0.672. The van der Waals surface area contributed by atoms with Crippen LogP contribution in [0.3, 0.4) is 0 Å². The second kappa shape index (κ2) is 9.48. The number of piperidine rings is 1. The van der Waals surface area contributed by atoms with Crippen LogP contribution in [0.4, 0.5) is 0 Å². The fraction of sp³-hybridized carbons (Fsp3) is 0.579. The number of benzene rings is 1. The highest BCUT2D eigenvalue weighted by Crippen LogP contribution is 2.36. The summed E-state index contributed by atoms with van der Waals surface area (Å²) < 4.78 is 5.38. The molecule has 1 heterocycles. The van der Waals surface area contributed by atoms with Gasteiger partial charge < -0.3 is 9.64 Å². The summed E-state index contributed by atoms with van der Waals surface area (Å²) in [7, 11) is 0. The van der Waals surface area contributed by atoms with Gasteiger partial charge in [0, 0.05) is 30.3 Å². The van der Waals surface area contributed by atoms with Gasteiger partial charge in [0.25, 0.3) is 0 Å². The van der Waals surface area contributed by atoms with E-state index < -0.39 is 5.41 Å². The Balaban J connectivity index is 2.22. The summed E-state index contributed by atoms with van der Waals surface area (Å²) in [5.74, 6) is 0.710. The number of esters is 1. The average molecular weight is 384 g/mol. The summed E-state index contributed by atoms with van der Waals surface area (Å²) in [5.41, 5.74) is 0.312. The zero-order valence-corrected chi connectivity index (χ0v) is 16.5. The first-order chi connectivity index (χ1) is 12.0. The third kappa shape index (κ3) is 5.38. The van der Waals surface area contributed by atoms with E-state index in [1.54, 1.807) is 11.8 Å². The van der Waals surface area contributed by atoms with Crippen molar-refractivity contribution in [2.45, 2.75) is 32.6 Å². The molecule has 0 aromatic heterocycles. The van der Waals surface area contributed by atoms with E-state index in [-0.39, 0.29) is 11.9 Å². The maximum Gasteiger partial charge on any atom is 0.314 e. The van der Waals surface area contributed by atoms with Crippen molar-refractivity contribution in [3.8, 4) is 0 Å². The van der Waals surface area contributed by atoms with E-state index in [0.29, 0.717) is 37.6 Å². The van der Waals surface area contributed by atoms with Crippen molar-refractivity contribution in [2.24, 2.45) is 5.41 Å². The van der Waals surface area contributed by atoms with E-state index in [1.807, 2.05) is 42.3 Å². The van der Waals surface area contributed by atoms with Crippen molar-refractivity contribution >= 4 is 35.2 Å². The fourth-order valence-corrected chi connectivity index (χ4v) is 3.99. The molecule has 1 fully saturated rings. The topological polar surface area (TPSA) is 46.6 Å². The predicted octanol–water partition coefficient (Wildman–Crippen LogP) is 3.81. The van der Waals surface area contributed by atoms with E-state index in [0.717, 1.165) is 24.2 Å². The second-order valence-corrected chi connectivity index (χ2v) is 7.89. The summed E-state index contributed by atoms with van der Waals surface area (Å²) in [5, 5.41) is 0.653. The second-order valence-electron chi connectivity index (χ2n) is 6.47. The van der Waals surface area contributed by atoms with Crippen LogP contribution in [0.15, 0.2) is 24.3 Å². The van der Waals surface area contributed by atoms with E-state index in [2.05, 4.69) is 0 Å². The first-order valence-corrected chi connectivity index (χ1v) is 10.5. The molecule has 6 heteroatoms. The molecule has 1 aliphatic rings. The number of thioether (sulfide) groups is 1. The van der Waals surface area contributed by atoms with Gasteiger partial charge in [0.2, 0.25) is 5.91 Å². The third-order valence-electron chi connectivity index (χ3n) is 4.59. The van der Waals surface area contributed by atoms with Crippen LogP contribution in [0.2, 0.25) is 5.02 Å². The van der Waals surface area contributed by atoms with Crippen molar-refractivity contribution in [1.82, 2.24) is 4.90 Å². The van der Waals surface area contributed by atoms with Crippen LogP contribution in [0, 0.1) is 5.41 Å². The molecule has 1 aromatic carbocycles. The maximum atomic E-state index is 12.8. The van der Waals surface area contributed by atoms with Crippen LogP contribution in [0.25, 0.3) is 0 Å². The number of halogens is 1. The summed E-state index contributed by atoms with van der Waals surface area (Å²) >= 11 is 7.76. The molecule has 138 valence electrons. The first-order valence-electron chi connectivity index (χ1n) is 8.69. The van der Waals surface area contributed by atoms with E-state index >= 15 is 0 Å². The Labute approximate surface area is 159 Å². The van der Waals surface area contributed by atoms with E-state index in [9.17, 15) is 9.59 Å². The van der Waals surface area contributed by atoms with Crippen molar-refractivity contribution in [3.05, 3.63) is 34.9 Å². The Morgan fingerprint density at radius 1 is 1.40 bits per heavy atom.